The minimum absolute atomic E-state index is 0.255. The third kappa shape index (κ3) is 5.31. The zero-order valence-corrected chi connectivity index (χ0v) is 16.1. The average molecular weight is 399 g/mol. The van der Waals surface area contributed by atoms with Crippen LogP contribution >= 0.6 is 34.5 Å². The van der Waals surface area contributed by atoms with Gasteiger partial charge in [0, 0.05) is 34.9 Å². The quantitative estimate of drug-likeness (QED) is 0.765. The van der Waals surface area contributed by atoms with E-state index in [0.717, 1.165) is 36.5 Å². The fourth-order valence-electron chi connectivity index (χ4n) is 2.77. The number of rotatable bonds is 4. The van der Waals surface area contributed by atoms with Crippen LogP contribution in [-0.2, 0) is 6.42 Å². The monoisotopic (exact) mass is 398 g/mol. The Hall–Kier alpha value is -1.34. The molecule has 1 aromatic heterocycles. The van der Waals surface area contributed by atoms with E-state index in [1.807, 2.05) is 28.6 Å². The number of carbonyl (C=O) groups excluding carboxylic acids is 1. The maximum absolute atomic E-state index is 12.1. The van der Waals surface area contributed by atoms with E-state index in [0.29, 0.717) is 22.3 Å². The lowest BCUT2D eigenvalue weighted by Gasteiger charge is -2.20. The molecule has 1 aliphatic rings. The summed E-state index contributed by atoms with van der Waals surface area (Å²) in [5, 5.41) is 8.67. The van der Waals surface area contributed by atoms with Crippen LogP contribution in [0.15, 0.2) is 23.6 Å². The summed E-state index contributed by atoms with van der Waals surface area (Å²) in [6.07, 6.45) is 5.21. The lowest BCUT2D eigenvalue weighted by molar-refractivity contribution is 0.190. The number of carbonyl (C=O) groups is 1. The Morgan fingerprint density at radius 1 is 1.16 bits per heavy atom. The molecule has 2 amide bonds. The van der Waals surface area contributed by atoms with Gasteiger partial charge in [0.25, 0.3) is 0 Å². The number of hydrogen-bond donors (Lipinski definition) is 2. The molecule has 0 spiro atoms. The number of nitrogens with one attached hydrogen (secondary N) is 2. The molecule has 0 saturated carbocycles. The van der Waals surface area contributed by atoms with Crippen molar-refractivity contribution in [2.75, 3.05) is 18.4 Å². The lowest BCUT2D eigenvalue weighted by atomic mass is 10.1. The van der Waals surface area contributed by atoms with Crippen molar-refractivity contribution in [3.8, 4) is 0 Å². The molecule has 0 aliphatic carbocycles. The van der Waals surface area contributed by atoms with Gasteiger partial charge in [-0.3, -0.25) is 10.7 Å². The molecule has 1 saturated heterocycles. The largest absolute Gasteiger partial charge is 0.334 e. The second-order valence-corrected chi connectivity index (χ2v) is 7.73. The van der Waals surface area contributed by atoms with Gasteiger partial charge in [-0.2, -0.15) is 0 Å². The third-order valence-corrected chi connectivity index (χ3v) is 5.61. The minimum Gasteiger partial charge on any atom is -0.291 e. The van der Waals surface area contributed by atoms with Crippen LogP contribution in [0.5, 0.6) is 0 Å². The highest BCUT2D eigenvalue weighted by atomic mass is 35.5. The summed E-state index contributed by atoms with van der Waals surface area (Å²) in [6, 6.07) is 5.18. The van der Waals surface area contributed by atoms with Crippen LogP contribution in [-0.4, -0.2) is 29.1 Å². The van der Waals surface area contributed by atoms with E-state index in [1.54, 1.807) is 0 Å². The number of amides is 2. The van der Waals surface area contributed by atoms with Gasteiger partial charge in [0.1, 0.15) is 5.82 Å². The first-order valence-electron chi connectivity index (χ1n) is 8.31. The molecular formula is C17H20Cl2N4OS. The van der Waals surface area contributed by atoms with Crippen molar-refractivity contribution in [3.05, 3.63) is 44.2 Å². The molecule has 0 radical (unpaired) electrons. The molecule has 5 nitrogen and oxygen atoms in total. The molecule has 0 unspecified atom stereocenters. The Balaban J connectivity index is 1.57. The molecule has 0 atom stereocenters. The zero-order valence-electron chi connectivity index (χ0n) is 13.7. The minimum atomic E-state index is -0.255. The number of thiazole rings is 1. The van der Waals surface area contributed by atoms with Gasteiger partial charge < -0.3 is 0 Å². The Morgan fingerprint density at radius 3 is 2.52 bits per heavy atom. The molecule has 3 rings (SSSR count). The molecule has 2 N–H and O–H groups in total. The van der Waals surface area contributed by atoms with E-state index >= 15 is 0 Å². The Bertz CT molecular complexity index is 709. The van der Waals surface area contributed by atoms with Crippen molar-refractivity contribution in [1.82, 2.24) is 15.4 Å². The molecule has 25 heavy (non-hydrogen) atoms. The van der Waals surface area contributed by atoms with Crippen molar-refractivity contribution >= 4 is 46.4 Å². The smallest absolute Gasteiger partial charge is 0.291 e. The molecule has 2 aromatic rings. The van der Waals surface area contributed by atoms with Crippen molar-refractivity contribution < 1.29 is 4.79 Å². The van der Waals surface area contributed by atoms with Gasteiger partial charge in [0.05, 0.1) is 5.01 Å². The fraction of sp³-hybridized carbons (Fsp3) is 0.412. The summed E-state index contributed by atoms with van der Waals surface area (Å²) in [4.78, 5) is 16.6. The molecule has 1 fully saturated rings. The van der Waals surface area contributed by atoms with Gasteiger partial charge >= 0.3 is 6.03 Å². The van der Waals surface area contributed by atoms with Crippen LogP contribution in [0, 0.1) is 0 Å². The van der Waals surface area contributed by atoms with Crippen LogP contribution < -0.4 is 10.7 Å². The van der Waals surface area contributed by atoms with Crippen molar-refractivity contribution in [1.29, 1.82) is 0 Å². The van der Waals surface area contributed by atoms with E-state index in [4.69, 9.17) is 23.2 Å². The number of hydrazine groups is 1. The molecule has 0 bridgehead atoms. The maximum atomic E-state index is 12.1. The summed E-state index contributed by atoms with van der Waals surface area (Å²) in [5.74, 6) is 0.537. The number of aromatic nitrogens is 1. The normalized spacial score (nSPS) is 15.6. The number of nitrogens with zero attached hydrogens (tertiary/aromatic N) is 2. The van der Waals surface area contributed by atoms with Gasteiger partial charge in [-0.25, -0.2) is 14.8 Å². The highest BCUT2D eigenvalue weighted by Crippen LogP contribution is 2.28. The van der Waals surface area contributed by atoms with Crippen LogP contribution in [0.1, 0.15) is 36.3 Å². The highest BCUT2D eigenvalue weighted by molar-refractivity contribution is 7.10. The van der Waals surface area contributed by atoms with Gasteiger partial charge in [-0.05, 0) is 30.5 Å². The van der Waals surface area contributed by atoms with E-state index < -0.39 is 0 Å². The van der Waals surface area contributed by atoms with Crippen LogP contribution in [0.3, 0.4) is 0 Å². The fourth-order valence-corrected chi connectivity index (χ4v) is 4.04. The number of benzene rings is 1. The number of urea groups is 1. The second kappa shape index (κ2) is 8.85. The van der Waals surface area contributed by atoms with Crippen molar-refractivity contribution in [2.24, 2.45) is 0 Å². The first-order valence-corrected chi connectivity index (χ1v) is 9.95. The number of hydrogen-bond acceptors (Lipinski definition) is 4. The Labute approximate surface area is 161 Å². The first-order chi connectivity index (χ1) is 12.1. The standard InChI is InChI=1S/C17H20Cl2N4OS/c18-13-6-5-7-14(19)12(13)10-16-20-15(11-25-16)21-17(24)22-23-8-3-1-2-4-9-23/h5-7,11H,1-4,8-10H2,(H2,21,22,24). The third-order valence-electron chi connectivity index (χ3n) is 4.05. The van der Waals surface area contributed by atoms with Crippen LogP contribution in [0.4, 0.5) is 10.6 Å². The lowest BCUT2D eigenvalue weighted by Crippen LogP contribution is -2.44. The van der Waals surface area contributed by atoms with Gasteiger partial charge in [0.2, 0.25) is 0 Å². The topological polar surface area (TPSA) is 57.3 Å². The summed E-state index contributed by atoms with van der Waals surface area (Å²) >= 11 is 13.9. The maximum Gasteiger partial charge on any atom is 0.334 e. The summed E-state index contributed by atoms with van der Waals surface area (Å²) in [6.45, 7) is 1.78. The molecule has 2 heterocycles. The molecule has 1 aromatic carbocycles. The van der Waals surface area contributed by atoms with Gasteiger partial charge in [-0.1, -0.05) is 42.1 Å². The van der Waals surface area contributed by atoms with Gasteiger partial charge in [0.15, 0.2) is 0 Å². The molecule has 134 valence electrons. The number of anilines is 1. The van der Waals surface area contributed by atoms with E-state index in [2.05, 4.69) is 15.7 Å². The Kier molecular flexibility index (Phi) is 6.53. The highest BCUT2D eigenvalue weighted by Gasteiger charge is 2.14. The van der Waals surface area contributed by atoms with Gasteiger partial charge in [-0.15, -0.1) is 11.3 Å². The van der Waals surface area contributed by atoms with E-state index in [9.17, 15) is 4.79 Å². The molecule has 8 heteroatoms. The average Bonchev–Trinajstić information content (AvgIpc) is 2.84. The summed E-state index contributed by atoms with van der Waals surface area (Å²) < 4.78 is 0. The zero-order chi connectivity index (χ0) is 17.6. The molecule has 1 aliphatic heterocycles. The van der Waals surface area contributed by atoms with Crippen molar-refractivity contribution in [3.63, 3.8) is 0 Å². The van der Waals surface area contributed by atoms with Crippen LogP contribution in [0.2, 0.25) is 10.0 Å². The van der Waals surface area contributed by atoms with Crippen molar-refractivity contribution in [2.45, 2.75) is 32.1 Å². The summed E-state index contributed by atoms with van der Waals surface area (Å²) in [5.41, 5.74) is 3.74. The van der Waals surface area contributed by atoms with E-state index in [-0.39, 0.29) is 6.03 Å². The number of halogens is 2. The SMILES string of the molecule is O=C(Nc1csc(Cc2c(Cl)cccc2Cl)n1)NN1CCCCCC1. The Morgan fingerprint density at radius 2 is 1.84 bits per heavy atom. The second-order valence-electron chi connectivity index (χ2n) is 5.97. The summed E-state index contributed by atoms with van der Waals surface area (Å²) in [7, 11) is 0. The predicted octanol–water partition coefficient (Wildman–Crippen LogP) is 4.95. The van der Waals surface area contributed by atoms with E-state index in [1.165, 1.54) is 24.2 Å². The first kappa shape index (κ1) is 18.5. The molecular weight excluding hydrogens is 379 g/mol. The predicted molar refractivity (Wildman–Crippen MR) is 104 cm³/mol. The van der Waals surface area contributed by atoms with Crippen LogP contribution in [0.25, 0.3) is 0 Å².